The number of halogens is 2. The number of ether oxygens (including phenoxy) is 2. The van der Waals surface area contributed by atoms with Gasteiger partial charge in [0.05, 0.1) is 29.6 Å². The molecule has 1 aliphatic carbocycles. The largest absolute Gasteiger partial charge is 0.420 e. The molecule has 2 atom stereocenters. The zero-order valence-corrected chi connectivity index (χ0v) is 25.6. The Morgan fingerprint density at radius 1 is 1.07 bits per heavy atom. The van der Waals surface area contributed by atoms with Crippen LogP contribution in [0.15, 0.2) is 53.9 Å². The maximum Gasteiger partial charge on any atom is 0.420 e. The monoisotopic (exact) mass is 611 g/mol. The SMILES string of the molecule is CC(C)(C)c1ccc(C(=O)N2CC3C(C2)C3CN(C(=O)Oc2sccc2Cl)c2ccc(N3CCOCC3)c(F)c2)cc1. The minimum absolute atomic E-state index is 0.0255. The summed E-state index contributed by atoms with van der Waals surface area (Å²) in [5.41, 5.74) is 2.82. The normalized spacial score (nSPS) is 21.7. The van der Waals surface area contributed by atoms with E-state index in [1.54, 1.807) is 23.6 Å². The van der Waals surface area contributed by atoms with E-state index >= 15 is 4.39 Å². The lowest BCUT2D eigenvalue weighted by atomic mass is 9.86. The predicted octanol–water partition coefficient (Wildman–Crippen LogP) is 6.70. The van der Waals surface area contributed by atoms with Crippen LogP contribution in [-0.2, 0) is 10.2 Å². The van der Waals surface area contributed by atoms with Gasteiger partial charge in [-0.1, -0.05) is 44.5 Å². The first-order chi connectivity index (χ1) is 20.1. The van der Waals surface area contributed by atoms with Gasteiger partial charge in [0.2, 0.25) is 5.06 Å². The molecule has 3 fully saturated rings. The van der Waals surface area contributed by atoms with Crippen molar-refractivity contribution in [2.45, 2.75) is 26.2 Å². The van der Waals surface area contributed by atoms with Gasteiger partial charge in [0.1, 0.15) is 5.82 Å². The highest BCUT2D eigenvalue weighted by Crippen LogP contribution is 2.52. The standard InChI is InChI=1S/C32H35ClFN3O4S/c1-32(2,3)21-6-4-20(5-7-21)29(38)36-17-23-24(18-36)25(23)19-37(31(39)41-30-26(33)10-15-42-30)22-8-9-28(27(34)16-22)35-11-13-40-14-12-35/h4-10,15-16,23-25H,11-14,17-19H2,1-3H3. The number of rotatable bonds is 6. The number of fused-ring (bicyclic) bond motifs is 1. The zero-order valence-electron chi connectivity index (χ0n) is 24.0. The second-order valence-electron chi connectivity index (χ2n) is 12.3. The van der Waals surface area contributed by atoms with Crippen molar-refractivity contribution in [2.24, 2.45) is 17.8 Å². The van der Waals surface area contributed by atoms with Gasteiger partial charge in [0, 0.05) is 38.3 Å². The van der Waals surface area contributed by atoms with Crippen molar-refractivity contribution in [3.63, 3.8) is 0 Å². The van der Waals surface area contributed by atoms with E-state index in [2.05, 4.69) is 20.8 Å². The van der Waals surface area contributed by atoms with Gasteiger partial charge in [0.15, 0.2) is 0 Å². The number of amides is 2. The van der Waals surface area contributed by atoms with Crippen LogP contribution in [-0.4, -0.2) is 62.8 Å². The minimum Gasteiger partial charge on any atom is -0.397 e. The molecule has 3 aromatic rings. The first-order valence-corrected chi connectivity index (χ1v) is 15.6. The Balaban J connectivity index is 1.15. The molecule has 7 nitrogen and oxygen atoms in total. The van der Waals surface area contributed by atoms with Crippen LogP contribution in [0.4, 0.5) is 20.6 Å². The lowest BCUT2D eigenvalue weighted by Gasteiger charge is -2.30. The Morgan fingerprint density at radius 3 is 2.36 bits per heavy atom. The molecule has 10 heteroatoms. The molecule has 222 valence electrons. The van der Waals surface area contributed by atoms with Gasteiger partial charge in [-0.15, -0.1) is 11.3 Å². The van der Waals surface area contributed by atoms with Crippen LogP contribution in [0.3, 0.4) is 0 Å². The Kier molecular flexibility index (Phi) is 7.93. The van der Waals surface area contributed by atoms with Gasteiger partial charge < -0.3 is 19.3 Å². The summed E-state index contributed by atoms with van der Waals surface area (Å²) in [6, 6.07) is 14.4. The topological polar surface area (TPSA) is 62.3 Å². The summed E-state index contributed by atoms with van der Waals surface area (Å²) in [6.07, 6.45) is -0.602. The number of piperidine rings is 1. The van der Waals surface area contributed by atoms with Gasteiger partial charge in [-0.05, 0) is 70.5 Å². The fourth-order valence-electron chi connectivity index (χ4n) is 6.09. The fraction of sp³-hybridized carbons (Fsp3) is 0.438. The van der Waals surface area contributed by atoms with E-state index in [1.165, 1.54) is 27.9 Å². The Morgan fingerprint density at radius 2 is 1.76 bits per heavy atom. The minimum atomic E-state index is -0.602. The molecule has 0 spiro atoms. The quantitative estimate of drug-likeness (QED) is 0.310. The summed E-state index contributed by atoms with van der Waals surface area (Å²) in [4.78, 5) is 32.0. The molecule has 1 aromatic heterocycles. The van der Waals surface area contributed by atoms with Crippen molar-refractivity contribution in [1.29, 1.82) is 0 Å². The van der Waals surface area contributed by atoms with E-state index < -0.39 is 11.9 Å². The molecule has 2 amide bonds. The first kappa shape index (κ1) is 29.0. The average Bonchev–Trinajstić information content (AvgIpc) is 3.25. The molecule has 6 rings (SSSR count). The predicted molar refractivity (Wildman–Crippen MR) is 164 cm³/mol. The summed E-state index contributed by atoms with van der Waals surface area (Å²) >= 11 is 7.42. The van der Waals surface area contributed by atoms with Crippen LogP contribution in [0.5, 0.6) is 5.06 Å². The Labute approximate surface area is 254 Å². The fourth-order valence-corrected chi connectivity index (χ4v) is 7.03. The van der Waals surface area contributed by atoms with Crippen LogP contribution < -0.4 is 14.5 Å². The van der Waals surface area contributed by atoms with Crippen molar-refractivity contribution in [3.8, 4) is 5.06 Å². The highest BCUT2D eigenvalue weighted by atomic mass is 35.5. The molecule has 0 radical (unpaired) electrons. The van der Waals surface area contributed by atoms with Crippen molar-refractivity contribution in [1.82, 2.24) is 4.90 Å². The second kappa shape index (κ2) is 11.5. The van der Waals surface area contributed by atoms with E-state index in [4.69, 9.17) is 21.1 Å². The van der Waals surface area contributed by atoms with Crippen LogP contribution in [0.2, 0.25) is 5.02 Å². The van der Waals surface area contributed by atoms with E-state index in [9.17, 15) is 9.59 Å². The maximum atomic E-state index is 15.4. The number of likely N-dealkylation sites (tertiary alicyclic amines) is 1. The van der Waals surface area contributed by atoms with Crippen LogP contribution >= 0.6 is 22.9 Å². The average molecular weight is 612 g/mol. The lowest BCUT2D eigenvalue weighted by molar-refractivity contribution is 0.0768. The van der Waals surface area contributed by atoms with E-state index in [-0.39, 0.29) is 29.1 Å². The van der Waals surface area contributed by atoms with E-state index in [0.717, 1.165) is 0 Å². The van der Waals surface area contributed by atoms with Gasteiger partial charge in [-0.2, -0.15) is 0 Å². The van der Waals surface area contributed by atoms with Crippen molar-refractivity contribution in [2.75, 3.05) is 55.7 Å². The van der Waals surface area contributed by atoms with Crippen LogP contribution in [0, 0.1) is 23.6 Å². The van der Waals surface area contributed by atoms with Crippen LogP contribution in [0.25, 0.3) is 0 Å². The Bertz CT molecular complexity index is 1460. The summed E-state index contributed by atoms with van der Waals surface area (Å²) in [5.74, 6) is 0.379. The third-order valence-corrected chi connectivity index (χ3v) is 9.83. The van der Waals surface area contributed by atoms with Crippen molar-refractivity contribution in [3.05, 3.63) is 75.9 Å². The summed E-state index contributed by atoms with van der Waals surface area (Å²) in [6.45, 7) is 10.4. The molecule has 2 aromatic carbocycles. The van der Waals surface area contributed by atoms with E-state index in [1.807, 2.05) is 34.1 Å². The maximum absolute atomic E-state index is 15.4. The molecular formula is C32H35ClFN3O4S. The highest BCUT2D eigenvalue weighted by molar-refractivity contribution is 7.12. The molecule has 2 saturated heterocycles. The number of thiophene rings is 1. The summed E-state index contributed by atoms with van der Waals surface area (Å²) in [5, 5.41) is 2.41. The molecule has 3 aliphatic rings. The van der Waals surface area contributed by atoms with Gasteiger partial charge >= 0.3 is 6.09 Å². The summed E-state index contributed by atoms with van der Waals surface area (Å²) < 4.78 is 26.4. The molecule has 2 unspecified atom stereocenters. The van der Waals surface area contributed by atoms with Crippen LogP contribution in [0.1, 0.15) is 36.7 Å². The molecule has 0 N–H and O–H groups in total. The van der Waals surface area contributed by atoms with Gasteiger partial charge in [0.25, 0.3) is 5.91 Å². The third kappa shape index (κ3) is 5.87. The lowest BCUT2D eigenvalue weighted by Crippen LogP contribution is -2.39. The van der Waals surface area contributed by atoms with Crippen molar-refractivity contribution < 1.29 is 23.5 Å². The molecular weight excluding hydrogens is 577 g/mol. The number of benzene rings is 2. The molecule has 3 heterocycles. The first-order valence-electron chi connectivity index (χ1n) is 14.3. The van der Waals surface area contributed by atoms with Gasteiger partial charge in [-0.3, -0.25) is 9.69 Å². The number of nitrogens with zero attached hydrogens (tertiary/aromatic N) is 3. The molecule has 0 bridgehead atoms. The van der Waals surface area contributed by atoms with Gasteiger partial charge in [-0.25, -0.2) is 9.18 Å². The molecule has 42 heavy (non-hydrogen) atoms. The third-order valence-electron chi connectivity index (χ3n) is 8.63. The second-order valence-corrected chi connectivity index (χ2v) is 13.6. The number of anilines is 2. The number of hydrogen-bond acceptors (Lipinski definition) is 6. The van der Waals surface area contributed by atoms with E-state index in [0.29, 0.717) is 73.0 Å². The number of hydrogen-bond donors (Lipinski definition) is 0. The molecule has 1 saturated carbocycles. The van der Waals surface area contributed by atoms with Crippen molar-refractivity contribution >= 4 is 46.3 Å². The summed E-state index contributed by atoms with van der Waals surface area (Å²) in [7, 11) is 0. The molecule has 2 aliphatic heterocycles. The Hall–Kier alpha value is -3.14. The zero-order chi connectivity index (χ0) is 29.6. The number of carbonyl (C=O) groups excluding carboxylic acids is 2. The number of carbonyl (C=O) groups is 2. The highest BCUT2D eigenvalue weighted by Gasteiger charge is 2.57. The smallest absolute Gasteiger partial charge is 0.397 e. The number of morpholine rings is 1.